The Hall–Kier alpha value is -0.0800. The smallest absolute Gasteiger partial charge is 0.0499 e. The number of aliphatic hydroxyl groups is 1. The van der Waals surface area contributed by atoms with Crippen molar-refractivity contribution in [3.05, 3.63) is 0 Å². The van der Waals surface area contributed by atoms with E-state index in [1.54, 1.807) is 0 Å². The van der Waals surface area contributed by atoms with Gasteiger partial charge in [0.2, 0.25) is 0 Å². The first kappa shape index (κ1) is 13.4. The Morgan fingerprint density at radius 1 is 1.35 bits per heavy atom. The van der Waals surface area contributed by atoms with Crippen LogP contribution in [0.3, 0.4) is 0 Å². The Bertz CT molecular complexity index is 251. The molecule has 17 heavy (non-hydrogen) atoms. The van der Waals surface area contributed by atoms with Gasteiger partial charge in [0.25, 0.3) is 0 Å². The summed E-state index contributed by atoms with van der Waals surface area (Å²) in [5, 5.41) is 9.82. The monoisotopic (exact) mass is 239 g/mol. The van der Waals surface area contributed by atoms with Crippen LogP contribution < -0.4 is 0 Å². The van der Waals surface area contributed by atoms with Gasteiger partial charge in [-0.1, -0.05) is 19.8 Å². The van der Waals surface area contributed by atoms with E-state index in [0.717, 1.165) is 18.4 Å². The molecule has 2 nitrogen and oxygen atoms in total. The van der Waals surface area contributed by atoms with E-state index in [9.17, 15) is 5.11 Å². The zero-order chi connectivity index (χ0) is 12.5. The molecule has 2 saturated carbocycles. The molecule has 0 radical (unpaired) electrons. The van der Waals surface area contributed by atoms with Crippen molar-refractivity contribution in [3.8, 4) is 0 Å². The lowest BCUT2D eigenvalue weighted by Gasteiger charge is -2.42. The highest BCUT2D eigenvalue weighted by atomic mass is 16.3. The van der Waals surface area contributed by atoms with Gasteiger partial charge in [0.05, 0.1) is 0 Å². The molecule has 2 fully saturated rings. The van der Waals surface area contributed by atoms with Crippen molar-refractivity contribution in [2.45, 2.75) is 58.4 Å². The maximum atomic E-state index is 9.82. The molecule has 0 aromatic heterocycles. The maximum Gasteiger partial charge on any atom is 0.0499 e. The summed E-state index contributed by atoms with van der Waals surface area (Å²) < 4.78 is 0. The van der Waals surface area contributed by atoms with Gasteiger partial charge < -0.3 is 10.0 Å². The Balaban J connectivity index is 1.92. The summed E-state index contributed by atoms with van der Waals surface area (Å²) in [5.41, 5.74) is 0.190. The van der Waals surface area contributed by atoms with Gasteiger partial charge in [-0.2, -0.15) is 0 Å². The molecular formula is C15H29NO. The van der Waals surface area contributed by atoms with Gasteiger partial charge in [0.1, 0.15) is 0 Å². The largest absolute Gasteiger partial charge is 0.396 e. The third kappa shape index (κ3) is 3.23. The molecule has 2 aliphatic rings. The van der Waals surface area contributed by atoms with E-state index in [4.69, 9.17) is 0 Å². The third-order valence-electron chi connectivity index (χ3n) is 5.11. The van der Waals surface area contributed by atoms with Crippen molar-refractivity contribution in [3.63, 3.8) is 0 Å². The van der Waals surface area contributed by atoms with E-state index >= 15 is 0 Å². The van der Waals surface area contributed by atoms with Crippen molar-refractivity contribution < 1.29 is 5.11 Å². The van der Waals surface area contributed by atoms with Crippen LogP contribution in [0.4, 0.5) is 0 Å². The Morgan fingerprint density at radius 3 is 2.59 bits per heavy atom. The number of nitrogens with zero attached hydrogens (tertiary/aromatic N) is 1. The molecule has 2 heteroatoms. The van der Waals surface area contributed by atoms with Crippen LogP contribution in [0.25, 0.3) is 0 Å². The second-order valence-corrected chi connectivity index (χ2v) is 6.85. The van der Waals surface area contributed by atoms with Gasteiger partial charge in [-0.05, 0) is 51.5 Å². The van der Waals surface area contributed by atoms with Crippen LogP contribution in [0.1, 0.15) is 52.4 Å². The number of hydrogen-bond donors (Lipinski definition) is 1. The average molecular weight is 239 g/mol. The van der Waals surface area contributed by atoms with E-state index in [1.165, 1.54) is 38.5 Å². The van der Waals surface area contributed by atoms with Gasteiger partial charge in [0, 0.05) is 24.6 Å². The summed E-state index contributed by atoms with van der Waals surface area (Å²) in [6.07, 6.45) is 7.90. The molecule has 2 aliphatic carbocycles. The highest BCUT2D eigenvalue weighted by Gasteiger charge is 2.38. The fourth-order valence-electron chi connectivity index (χ4n) is 3.72. The van der Waals surface area contributed by atoms with Crippen molar-refractivity contribution in [2.24, 2.45) is 17.3 Å². The molecule has 0 saturated heterocycles. The van der Waals surface area contributed by atoms with Crippen LogP contribution in [0.5, 0.6) is 0 Å². The number of hydrogen-bond acceptors (Lipinski definition) is 2. The van der Waals surface area contributed by atoms with Crippen molar-refractivity contribution >= 4 is 0 Å². The second kappa shape index (κ2) is 5.27. The lowest BCUT2D eigenvalue weighted by molar-refractivity contribution is 0.0191. The highest BCUT2D eigenvalue weighted by molar-refractivity contribution is 4.91. The highest BCUT2D eigenvalue weighted by Crippen LogP contribution is 2.41. The first-order chi connectivity index (χ1) is 8.06. The van der Waals surface area contributed by atoms with Crippen LogP contribution in [0.15, 0.2) is 0 Å². The number of aliphatic hydroxyl groups excluding tert-OH is 1. The van der Waals surface area contributed by atoms with Gasteiger partial charge in [-0.3, -0.25) is 0 Å². The lowest BCUT2D eigenvalue weighted by Crippen LogP contribution is -2.45. The fraction of sp³-hybridized carbons (Fsp3) is 1.00. The predicted molar refractivity (Wildman–Crippen MR) is 72.0 cm³/mol. The van der Waals surface area contributed by atoms with E-state index in [-0.39, 0.29) is 5.41 Å². The molecular weight excluding hydrogens is 210 g/mol. The van der Waals surface area contributed by atoms with Crippen LogP contribution in [0, 0.1) is 17.3 Å². The molecule has 0 heterocycles. The van der Waals surface area contributed by atoms with E-state index in [0.29, 0.717) is 12.6 Å². The molecule has 100 valence electrons. The lowest BCUT2D eigenvalue weighted by atomic mass is 9.70. The molecule has 3 atom stereocenters. The van der Waals surface area contributed by atoms with Crippen molar-refractivity contribution in [1.82, 2.24) is 4.90 Å². The Morgan fingerprint density at radius 2 is 2.06 bits per heavy atom. The number of rotatable bonds is 5. The minimum atomic E-state index is 0.190. The molecule has 0 amide bonds. The zero-order valence-corrected chi connectivity index (χ0v) is 11.8. The Labute approximate surface area is 106 Å². The van der Waals surface area contributed by atoms with Crippen LogP contribution in [-0.2, 0) is 0 Å². The summed E-state index contributed by atoms with van der Waals surface area (Å²) >= 11 is 0. The molecule has 1 N–H and O–H groups in total. The molecule has 0 spiro atoms. The van der Waals surface area contributed by atoms with Gasteiger partial charge in [-0.25, -0.2) is 0 Å². The minimum absolute atomic E-state index is 0.190. The summed E-state index contributed by atoms with van der Waals surface area (Å²) in [6, 6.07) is 0.704. The average Bonchev–Trinajstić information content (AvgIpc) is 3.12. The minimum Gasteiger partial charge on any atom is -0.396 e. The van der Waals surface area contributed by atoms with Crippen molar-refractivity contribution in [2.75, 3.05) is 20.2 Å². The third-order valence-corrected chi connectivity index (χ3v) is 5.11. The van der Waals surface area contributed by atoms with Crippen LogP contribution >= 0.6 is 0 Å². The summed E-state index contributed by atoms with van der Waals surface area (Å²) in [7, 11) is 2.25. The van der Waals surface area contributed by atoms with Crippen LogP contribution in [-0.4, -0.2) is 36.2 Å². The summed E-state index contributed by atoms with van der Waals surface area (Å²) in [4.78, 5) is 2.51. The fourth-order valence-corrected chi connectivity index (χ4v) is 3.72. The predicted octanol–water partition coefficient (Wildman–Crippen LogP) is 2.91. The SMILES string of the molecule is CC1CCCC(CO)(CN(C)C(C)C2CC2)C1. The topological polar surface area (TPSA) is 23.5 Å². The van der Waals surface area contributed by atoms with E-state index in [1.807, 2.05) is 0 Å². The maximum absolute atomic E-state index is 9.82. The van der Waals surface area contributed by atoms with E-state index < -0.39 is 0 Å². The first-order valence-electron chi connectivity index (χ1n) is 7.37. The second-order valence-electron chi connectivity index (χ2n) is 6.85. The van der Waals surface area contributed by atoms with Crippen LogP contribution in [0.2, 0.25) is 0 Å². The quantitative estimate of drug-likeness (QED) is 0.797. The van der Waals surface area contributed by atoms with Crippen molar-refractivity contribution in [1.29, 1.82) is 0 Å². The molecule has 0 aromatic carbocycles. The molecule has 0 bridgehead atoms. The summed E-state index contributed by atoms with van der Waals surface area (Å²) in [6.45, 7) is 6.16. The van der Waals surface area contributed by atoms with E-state index in [2.05, 4.69) is 25.8 Å². The first-order valence-corrected chi connectivity index (χ1v) is 7.37. The molecule has 0 aliphatic heterocycles. The van der Waals surface area contributed by atoms with Gasteiger partial charge in [0.15, 0.2) is 0 Å². The molecule has 3 unspecified atom stereocenters. The normalized spacial score (nSPS) is 36.2. The standard InChI is InChI=1S/C15H29NO/c1-12-5-4-8-15(9-12,11-17)10-16(3)13(2)14-6-7-14/h12-14,17H,4-11H2,1-3H3. The Kier molecular flexibility index (Phi) is 4.14. The molecule has 2 rings (SSSR count). The molecule has 0 aromatic rings. The van der Waals surface area contributed by atoms with Gasteiger partial charge >= 0.3 is 0 Å². The van der Waals surface area contributed by atoms with Gasteiger partial charge in [-0.15, -0.1) is 0 Å². The zero-order valence-electron chi connectivity index (χ0n) is 11.8. The summed E-state index contributed by atoms with van der Waals surface area (Å²) in [5.74, 6) is 1.72.